The minimum absolute atomic E-state index is 0.0438. The van der Waals surface area contributed by atoms with Crippen molar-refractivity contribution < 1.29 is 9.53 Å². The molecule has 0 aromatic heterocycles. The third-order valence-corrected chi connectivity index (χ3v) is 6.46. The van der Waals surface area contributed by atoms with E-state index < -0.39 is 0 Å². The van der Waals surface area contributed by atoms with E-state index in [-0.39, 0.29) is 11.6 Å². The number of esters is 1. The summed E-state index contributed by atoms with van der Waals surface area (Å²) in [6.07, 6.45) is 12.1. The third-order valence-electron chi connectivity index (χ3n) is 6.46. The average molecular weight is 248 g/mol. The first kappa shape index (κ1) is 11.3. The first-order chi connectivity index (χ1) is 8.62. The van der Waals surface area contributed by atoms with Crippen molar-refractivity contribution in [3.63, 3.8) is 0 Å². The van der Waals surface area contributed by atoms with Crippen molar-refractivity contribution in [1.82, 2.24) is 0 Å². The molecule has 2 nitrogen and oxygen atoms in total. The number of hydrogen-bond acceptors (Lipinski definition) is 2. The second kappa shape index (κ2) is 3.52. The summed E-state index contributed by atoms with van der Waals surface area (Å²) in [4.78, 5) is 11.6. The molecule has 5 rings (SSSR count). The Morgan fingerprint density at radius 3 is 2.50 bits per heavy atom. The number of carbonyl (C=O) groups is 1. The first-order valence-electron chi connectivity index (χ1n) is 7.82. The van der Waals surface area contributed by atoms with Gasteiger partial charge in [-0.2, -0.15) is 0 Å². The molecule has 4 bridgehead atoms. The fourth-order valence-electron chi connectivity index (χ4n) is 6.58. The van der Waals surface area contributed by atoms with E-state index in [0.29, 0.717) is 11.3 Å². The predicted molar refractivity (Wildman–Crippen MR) is 69.0 cm³/mol. The quantitative estimate of drug-likeness (QED) is 0.662. The molecule has 5 fully saturated rings. The molecule has 0 heterocycles. The maximum absolute atomic E-state index is 11.6. The number of rotatable bonds is 1. The fourth-order valence-corrected chi connectivity index (χ4v) is 6.58. The molecule has 5 aliphatic carbocycles. The summed E-state index contributed by atoms with van der Waals surface area (Å²) in [5, 5.41) is 0. The molecule has 3 unspecified atom stereocenters. The van der Waals surface area contributed by atoms with Crippen LogP contribution in [0.15, 0.2) is 0 Å². The molecule has 0 aromatic carbocycles. The highest BCUT2D eigenvalue weighted by atomic mass is 16.6. The number of carbonyl (C=O) groups excluding carboxylic acids is 1. The van der Waals surface area contributed by atoms with Crippen LogP contribution in [0, 0.1) is 23.2 Å². The first-order valence-corrected chi connectivity index (χ1v) is 7.82. The van der Waals surface area contributed by atoms with Crippen molar-refractivity contribution in [2.45, 2.75) is 70.3 Å². The van der Waals surface area contributed by atoms with Crippen molar-refractivity contribution in [2.24, 2.45) is 23.2 Å². The van der Waals surface area contributed by atoms with Crippen LogP contribution in [0.1, 0.15) is 64.7 Å². The van der Waals surface area contributed by atoms with E-state index >= 15 is 0 Å². The topological polar surface area (TPSA) is 26.3 Å². The fraction of sp³-hybridized carbons (Fsp3) is 0.938. The Hall–Kier alpha value is -0.530. The van der Waals surface area contributed by atoms with Gasteiger partial charge in [0.1, 0.15) is 5.60 Å². The lowest BCUT2D eigenvalue weighted by Crippen LogP contribution is -2.64. The normalized spacial score (nSPS) is 53.1. The van der Waals surface area contributed by atoms with Gasteiger partial charge in [-0.15, -0.1) is 0 Å². The third kappa shape index (κ3) is 1.38. The monoisotopic (exact) mass is 248 g/mol. The molecule has 0 aromatic rings. The lowest BCUT2D eigenvalue weighted by Gasteiger charge is -2.67. The molecule has 0 N–H and O–H groups in total. The van der Waals surface area contributed by atoms with Crippen LogP contribution in [0.3, 0.4) is 0 Å². The molecule has 0 radical (unpaired) electrons. The Balaban J connectivity index is 1.75. The van der Waals surface area contributed by atoms with Crippen LogP contribution in [0.2, 0.25) is 0 Å². The maximum Gasteiger partial charge on any atom is 0.303 e. The van der Waals surface area contributed by atoms with Crippen molar-refractivity contribution in [2.75, 3.05) is 0 Å². The summed E-state index contributed by atoms with van der Waals surface area (Å²) in [6.45, 7) is 1.61. The van der Waals surface area contributed by atoms with Gasteiger partial charge in [0.15, 0.2) is 0 Å². The lowest BCUT2D eigenvalue weighted by molar-refractivity contribution is -0.240. The molecule has 5 saturated carbocycles. The second-order valence-electron chi connectivity index (χ2n) is 7.60. The van der Waals surface area contributed by atoms with Crippen LogP contribution in [-0.2, 0) is 9.53 Å². The summed E-state index contributed by atoms with van der Waals surface area (Å²) in [6, 6.07) is 0. The van der Waals surface area contributed by atoms with E-state index in [1.54, 1.807) is 6.92 Å². The molecule has 18 heavy (non-hydrogen) atoms. The highest BCUT2D eigenvalue weighted by Crippen LogP contribution is 2.69. The zero-order valence-corrected chi connectivity index (χ0v) is 11.4. The van der Waals surface area contributed by atoms with E-state index in [2.05, 4.69) is 0 Å². The van der Waals surface area contributed by atoms with Gasteiger partial charge in [0.2, 0.25) is 0 Å². The van der Waals surface area contributed by atoms with Crippen LogP contribution in [0.4, 0.5) is 0 Å². The zero-order chi connectivity index (χ0) is 12.4. The van der Waals surface area contributed by atoms with Crippen molar-refractivity contribution in [3.8, 4) is 0 Å². The Labute approximate surface area is 109 Å². The molecule has 5 aliphatic rings. The van der Waals surface area contributed by atoms with Gasteiger partial charge in [-0.05, 0) is 62.2 Å². The Morgan fingerprint density at radius 1 is 1.11 bits per heavy atom. The minimum Gasteiger partial charge on any atom is -0.459 e. The van der Waals surface area contributed by atoms with Crippen LogP contribution in [-0.4, -0.2) is 11.6 Å². The Kier molecular flexibility index (Phi) is 2.21. The summed E-state index contributed by atoms with van der Waals surface area (Å²) in [5.74, 6) is 2.35. The van der Waals surface area contributed by atoms with E-state index in [1.807, 2.05) is 0 Å². The van der Waals surface area contributed by atoms with Gasteiger partial charge in [0.05, 0.1) is 0 Å². The van der Waals surface area contributed by atoms with Crippen molar-refractivity contribution in [1.29, 1.82) is 0 Å². The summed E-state index contributed by atoms with van der Waals surface area (Å²) < 4.78 is 5.98. The molecule has 100 valence electrons. The molecular formula is C16H24O2. The smallest absolute Gasteiger partial charge is 0.303 e. The largest absolute Gasteiger partial charge is 0.459 e. The van der Waals surface area contributed by atoms with Gasteiger partial charge >= 0.3 is 5.97 Å². The van der Waals surface area contributed by atoms with E-state index in [9.17, 15) is 4.79 Å². The standard InChI is InChI=1S/C16H24O2/c1-11(17)18-16-9-12-6-13(10-16)8-15(7-12)5-3-2-4-14(15)16/h12-14H,2-10H2,1H3. The van der Waals surface area contributed by atoms with Gasteiger partial charge < -0.3 is 4.74 Å². The number of hydrogen-bond donors (Lipinski definition) is 0. The van der Waals surface area contributed by atoms with E-state index in [4.69, 9.17) is 4.74 Å². The molecule has 0 aliphatic heterocycles. The maximum atomic E-state index is 11.6. The van der Waals surface area contributed by atoms with Crippen molar-refractivity contribution in [3.05, 3.63) is 0 Å². The van der Waals surface area contributed by atoms with Gasteiger partial charge in [-0.25, -0.2) is 0 Å². The summed E-state index contributed by atoms with van der Waals surface area (Å²) >= 11 is 0. The molecular weight excluding hydrogens is 224 g/mol. The van der Waals surface area contributed by atoms with Crippen LogP contribution >= 0.6 is 0 Å². The molecule has 1 spiro atoms. The molecule has 0 amide bonds. The van der Waals surface area contributed by atoms with Gasteiger partial charge in [0, 0.05) is 12.8 Å². The predicted octanol–water partition coefficient (Wildman–Crippen LogP) is 3.69. The highest BCUT2D eigenvalue weighted by molar-refractivity contribution is 5.66. The SMILES string of the molecule is CC(=O)OC12CC3CC(CC4(CCCCC41)C3)C2. The van der Waals surface area contributed by atoms with Gasteiger partial charge in [0.25, 0.3) is 0 Å². The molecule has 0 saturated heterocycles. The number of ether oxygens (including phenoxy) is 1. The molecule has 2 heteroatoms. The minimum atomic E-state index is -0.0453. The summed E-state index contributed by atoms with van der Waals surface area (Å²) in [7, 11) is 0. The summed E-state index contributed by atoms with van der Waals surface area (Å²) in [5.41, 5.74) is 0.522. The lowest BCUT2D eigenvalue weighted by atomic mass is 9.40. The highest BCUT2D eigenvalue weighted by Gasteiger charge is 2.65. The molecule has 3 atom stereocenters. The van der Waals surface area contributed by atoms with E-state index in [0.717, 1.165) is 11.8 Å². The average Bonchev–Trinajstić information content (AvgIpc) is 2.25. The van der Waals surface area contributed by atoms with Crippen molar-refractivity contribution >= 4 is 5.97 Å². The van der Waals surface area contributed by atoms with Crippen LogP contribution in [0.25, 0.3) is 0 Å². The van der Waals surface area contributed by atoms with Crippen LogP contribution < -0.4 is 0 Å². The second-order valence-corrected chi connectivity index (χ2v) is 7.60. The van der Waals surface area contributed by atoms with Crippen LogP contribution in [0.5, 0.6) is 0 Å². The van der Waals surface area contributed by atoms with Gasteiger partial charge in [-0.1, -0.05) is 12.8 Å². The Morgan fingerprint density at radius 2 is 1.83 bits per heavy atom. The zero-order valence-electron chi connectivity index (χ0n) is 11.4. The Bertz CT molecular complexity index is 373. The van der Waals surface area contributed by atoms with Gasteiger partial charge in [-0.3, -0.25) is 4.79 Å². The van der Waals surface area contributed by atoms with E-state index in [1.165, 1.54) is 57.8 Å².